The third-order valence-corrected chi connectivity index (χ3v) is 5.24. The molecule has 1 heterocycles. The summed E-state index contributed by atoms with van der Waals surface area (Å²) in [5.41, 5.74) is 0.337. The number of unbranched alkanes of at least 4 members (excludes halogenated alkanes) is 12. The third kappa shape index (κ3) is 13.2. The SMILES string of the molecule is CCCCCCCCCCCCCCCC(=O)OC.O=c1ccc2ccccc2o1. The number of rotatable bonds is 14. The highest BCUT2D eigenvalue weighted by Gasteiger charge is 1.99. The van der Waals surface area contributed by atoms with Gasteiger partial charge in [-0.05, 0) is 18.6 Å². The first-order chi connectivity index (χ1) is 14.7. The largest absolute Gasteiger partial charge is 0.469 e. The van der Waals surface area contributed by atoms with E-state index in [2.05, 4.69) is 11.7 Å². The van der Waals surface area contributed by atoms with Gasteiger partial charge in [0.25, 0.3) is 0 Å². The highest BCUT2D eigenvalue weighted by atomic mass is 16.5. The number of methoxy groups -OCH3 is 1. The van der Waals surface area contributed by atoms with Crippen LogP contribution in [0.4, 0.5) is 0 Å². The second kappa shape index (κ2) is 17.7. The standard InChI is InChI=1S/C17H34O2.C9H6O2/c1-3-4-5-6-7-8-9-10-11-12-13-14-15-16-17(18)19-2;10-9-6-5-7-3-1-2-4-8(7)11-9/h3-16H2,1-2H3;1-6H. The molecule has 0 spiro atoms. The second-order valence-corrected chi connectivity index (χ2v) is 7.86. The maximum absolute atomic E-state index is 10.9. The molecule has 2 aromatic rings. The average molecular weight is 417 g/mol. The molecule has 4 nitrogen and oxygen atoms in total. The number of para-hydroxylation sites is 1. The number of fused-ring (bicyclic) bond motifs is 1. The third-order valence-electron chi connectivity index (χ3n) is 5.24. The lowest BCUT2D eigenvalue weighted by atomic mass is 10.0. The van der Waals surface area contributed by atoms with Crippen molar-refractivity contribution in [3.63, 3.8) is 0 Å². The zero-order chi connectivity index (χ0) is 21.9. The van der Waals surface area contributed by atoms with Crippen LogP contribution in [0.1, 0.15) is 96.8 Å². The van der Waals surface area contributed by atoms with Crippen molar-refractivity contribution in [2.24, 2.45) is 0 Å². The lowest BCUT2D eigenvalue weighted by molar-refractivity contribution is -0.140. The van der Waals surface area contributed by atoms with Gasteiger partial charge in [-0.2, -0.15) is 0 Å². The highest BCUT2D eigenvalue weighted by molar-refractivity contribution is 5.75. The van der Waals surface area contributed by atoms with Crippen LogP contribution in [0, 0.1) is 0 Å². The van der Waals surface area contributed by atoms with Crippen LogP contribution < -0.4 is 5.63 Å². The lowest BCUT2D eigenvalue weighted by Crippen LogP contribution is -1.99. The van der Waals surface area contributed by atoms with E-state index in [0.29, 0.717) is 12.0 Å². The van der Waals surface area contributed by atoms with Gasteiger partial charge in [0.1, 0.15) is 5.58 Å². The molecule has 0 N–H and O–H groups in total. The van der Waals surface area contributed by atoms with E-state index in [1.54, 1.807) is 12.1 Å². The first kappa shape index (κ1) is 25.9. The Hall–Kier alpha value is -2.10. The number of benzene rings is 1. The number of hydrogen-bond acceptors (Lipinski definition) is 4. The number of ether oxygens (including phenoxy) is 1. The van der Waals surface area contributed by atoms with Crippen molar-refractivity contribution in [3.05, 3.63) is 46.8 Å². The summed E-state index contributed by atoms with van der Waals surface area (Å²) in [6.07, 6.45) is 18.0. The molecule has 0 saturated heterocycles. The van der Waals surface area contributed by atoms with Gasteiger partial charge in [-0.3, -0.25) is 4.79 Å². The Balaban J connectivity index is 0.000000340. The Morgan fingerprint density at radius 1 is 0.767 bits per heavy atom. The van der Waals surface area contributed by atoms with Gasteiger partial charge in [-0.15, -0.1) is 0 Å². The van der Waals surface area contributed by atoms with Gasteiger partial charge in [-0.1, -0.05) is 102 Å². The molecule has 1 aromatic carbocycles. The molecule has 0 atom stereocenters. The van der Waals surface area contributed by atoms with E-state index >= 15 is 0 Å². The summed E-state index contributed by atoms with van der Waals surface area (Å²) in [4.78, 5) is 21.6. The van der Waals surface area contributed by atoms with Crippen LogP contribution in [-0.4, -0.2) is 13.1 Å². The molecule has 30 heavy (non-hydrogen) atoms. The van der Waals surface area contributed by atoms with Gasteiger partial charge in [0.2, 0.25) is 0 Å². The number of carbonyl (C=O) groups is 1. The maximum Gasteiger partial charge on any atom is 0.336 e. The summed E-state index contributed by atoms with van der Waals surface area (Å²) in [6, 6.07) is 10.6. The highest BCUT2D eigenvalue weighted by Crippen LogP contribution is 2.13. The van der Waals surface area contributed by atoms with E-state index in [1.165, 1.54) is 90.2 Å². The Bertz CT molecular complexity index is 735. The Morgan fingerprint density at radius 2 is 1.30 bits per heavy atom. The lowest BCUT2D eigenvalue weighted by Gasteiger charge is -2.03. The van der Waals surface area contributed by atoms with Crippen molar-refractivity contribution < 1.29 is 13.9 Å². The van der Waals surface area contributed by atoms with Crippen LogP contribution >= 0.6 is 0 Å². The van der Waals surface area contributed by atoms with Gasteiger partial charge in [0, 0.05) is 17.9 Å². The van der Waals surface area contributed by atoms with Crippen molar-refractivity contribution in [2.75, 3.05) is 7.11 Å². The summed E-state index contributed by atoms with van der Waals surface area (Å²) in [5, 5.41) is 0.951. The topological polar surface area (TPSA) is 56.5 Å². The quantitative estimate of drug-likeness (QED) is 0.182. The van der Waals surface area contributed by atoms with Gasteiger partial charge in [0.15, 0.2) is 0 Å². The summed E-state index contributed by atoms with van der Waals surface area (Å²) in [6.45, 7) is 2.27. The Morgan fingerprint density at radius 3 is 1.87 bits per heavy atom. The molecule has 0 bridgehead atoms. The minimum Gasteiger partial charge on any atom is -0.469 e. The predicted molar refractivity (Wildman–Crippen MR) is 125 cm³/mol. The van der Waals surface area contributed by atoms with Gasteiger partial charge in [0.05, 0.1) is 7.11 Å². The molecule has 0 saturated carbocycles. The van der Waals surface area contributed by atoms with Crippen LogP contribution in [0.25, 0.3) is 11.0 Å². The molecule has 0 aliphatic rings. The zero-order valence-electron chi connectivity index (χ0n) is 19.0. The smallest absolute Gasteiger partial charge is 0.336 e. The number of hydrogen-bond donors (Lipinski definition) is 0. The predicted octanol–water partition coefficient (Wildman–Crippen LogP) is 7.43. The first-order valence-electron chi connectivity index (χ1n) is 11.7. The van der Waals surface area contributed by atoms with E-state index in [0.717, 1.165) is 11.8 Å². The Labute approximate surface area is 182 Å². The van der Waals surface area contributed by atoms with E-state index in [4.69, 9.17) is 4.42 Å². The molecule has 168 valence electrons. The molecule has 4 heteroatoms. The zero-order valence-corrected chi connectivity index (χ0v) is 19.0. The molecular formula is C26H40O4. The summed E-state index contributed by atoms with van der Waals surface area (Å²) < 4.78 is 9.52. The normalized spacial score (nSPS) is 10.5. The molecule has 1 aromatic heterocycles. The monoisotopic (exact) mass is 416 g/mol. The van der Waals surface area contributed by atoms with Crippen LogP contribution in [0.15, 0.2) is 45.6 Å². The fourth-order valence-electron chi connectivity index (χ4n) is 3.40. The van der Waals surface area contributed by atoms with E-state index in [9.17, 15) is 9.59 Å². The molecule has 0 radical (unpaired) electrons. The van der Waals surface area contributed by atoms with Crippen LogP contribution in [0.3, 0.4) is 0 Å². The van der Waals surface area contributed by atoms with Crippen molar-refractivity contribution in [1.29, 1.82) is 0 Å². The maximum atomic E-state index is 10.9. The van der Waals surface area contributed by atoms with Gasteiger partial charge < -0.3 is 9.15 Å². The molecule has 0 fully saturated rings. The van der Waals surface area contributed by atoms with Crippen molar-refractivity contribution in [2.45, 2.75) is 96.8 Å². The minimum absolute atomic E-state index is 0.0666. The second-order valence-electron chi connectivity index (χ2n) is 7.86. The van der Waals surface area contributed by atoms with E-state index < -0.39 is 0 Å². The molecule has 2 rings (SSSR count). The van der Waals surface area contributed by atoms with Crippen LogP contribution in [0.2, 0.25) is 0 Å². The van der Waals surface area contributed by atoms with Crippen LogP contribution in [-0.2, 0) is 9.53 Å². The molecule has 0 amide bonds. The van der Waals surface area contributed by atoms with Crippen molar-refractivity contribution in [1.82, 2.24) is 0 Å². The summed E-state index contributed by atoms with van der Waals surface area (Å²) in [5.74, 6) is -0.0666. The van der Waals surface area contributed by atoms with Crippen molar-refractivity contribution >= 4 is 16.9 Å². The van der Waals surface area contributed by atoms with Crippen molar-refractivity contribution in [3.8, 4) is 0 Å². The minimum atomic E-state index is -0.302. The first-order valence-corrected chi connectivity index (χ1v) is 11.7. The molecular weight excluding hydrogens is 376 g/mol. The number of esters is 1. The molecule has 0 aliphatic carbocycles. The fourth-order valence-corrected chi connectivity index (χ4v) is 3.40. The van der Waals surface area contributed by atoms with Crippen LogP contribution in [0.5, 0.6) is 0 Å². The summed E-state index contributed by atoms with van der Waals surface area (Å²) in [7, 11) is 1.46. The van der Waals surface area contributed by atoms with Gasteiger partial charge in [-0.25, -0.2) is 4.79 Å². The van der Waals surface area contributed by atoms with Gasteiger partial charge >= 0.3 is 11.6 Å². The number of carbonyl (C=O) groups excluding carboxylic acids is 1. The summed E-state index contributed by atoms with van der Waals surface area (Å²) >= 11 is 0. The Kier molecular flexibility index (Phi) is 15.3. The fraction of sp³-hybridized carbons (Fsp3) is 0.615. The van der Waals surface area contributed by atoms with E-state index in [-0.39, 0.29) is 11.6 Å². The molecule has 0 unspecified atom stereocenters. The van der Waals surface area contributed by atoms with E-state index in [1.807, 2.05) is 18.2 Å². The molecule has 0 aliphatic heterocycles. The average Bonchev–Trinajstić information content (AvgIpc) is 2.77.